The van der Waals surface area contributed by atoms with Gasteiger partial charge >= 0.3 is 0 Å². The predicted octanol–water partition coefficient (Wildman–Crippen LogP) is -2.37. The summed E-state index contributed by atoms with van der Waals surface area (Å²) in [6.07, 6.45) is 0.915. The molecule has 12 nitrogen and oxygen atoms in total. The number of methoxy groups -OCH3 is 3. The monoisotopic (exact) mass is 348 g/mol. The van der Waals surface area contributed by atoms with Gasteiger partial charge < -0.3 is 29.5 Å². The summed E-state index contributed by atoms with van der Waals surface area (Å²) in [5, 5.41) is 29.2. The van der Waals surface area contributed by atoms with Crippen LogP contribution in [0.4, 0.5) is 0 Å². The molecule has 0 saturated carbocycles. The fraction of sp³-hybridized carbons (Fsp3) is 0.750. The Morgan fingerprint density at radius 3 is 1.08 bits per heavy atom. The summed E-state index contributed by atoms with van der Waals surface area (Å²) in [6.45, 7) is -1.40. The van der Waals surface area contributed by atoms with Crippen LogP contribution in [0.15, 0.2) is 15.0 Å². The molecule has 1 saturated heterocycles. The zero-order chi connectivity index (χ0) is 17.9. The van der Waals surface area contributed by atoms with Crippen molar-refractivity contribution in [2.24, 2.45) is 15.0 Å². The number of aliphatic imine (C=N–C) groups is 3. The van der Waals surface area contributed by atoms with Crippen LogP contribution in [0, 0.1) is 0 Å². The zero-order valence-corrected chi connectivity index (χ0v) is 13.8. The Kier molecular flexibility index (Phi) is 9.14. The molecule has 0 aromatic heterocycles. The molecule has 1 heterocycles. The van der Waals surface area contributed by atoms with Gasteiger partial charge in [0.05, 0.1) is 21.3 Å². The molecular formula is C12H24N6O6. The van der Waals surface area contributed by atoms with Crippen LogP contribution < -0.4 is 0 Å². The lowest BCUT2D eigenvalue weighted by atomic mass is 10.4. The van der Waals surface area contributed by atoms with Gasteiger partial charge in [-0.2, -0.15) is 0 Å². The van der Waals surface area contributed by atoms with Crippen molar-refractivity contribution in [3.63, 3.8) is 0 Å². The SMILES string of the molecule is COC=NC1N(CO)C(N=COC)N(CO)C(N=COC)N1CO. The van der Waals surface area contributed by atoms with Gasteiger partial charge in [-0.15, -0.1) is 0 Å². The third kappa shape index (κ3) is 4.59. The van der Waals surface area contributed by atoms with E-state index >= 15 is 0 Å². The minimum absolute atomic E-state index is 0.467. The molecule has 24 heavy (non-hydrogen) atoms. The number of rotatable bonds is 9. The van der Waals surface area contributed by atoms with Crippen LogP contribution in [-0.2, 0) is 14.2 Å². The molecule has 1 aliphatic heterocycles. The van der Waals surface area contributed by atoms with Crippen LogP contribution in [0.25, 0.3) is 0 Å². The molecule has 138 valence electrons. The Labute approximate surface area is 139 Å². The molecule has 0 radical (unpaired) electrons. The predicted molar refractivity (Wildman–Crippen MR) is 84.6 cm³/mol. The maximum atomic E-state index is 9.74. The summed E-state index contributed by atoms with van der Waals surface area (Å²) in [4.78, 5) is 16.6. The molecule has 12 heteroatoms. The average molecular weight is 348 g/mol. The number of hydrogen-bond donors (Lipinski definition) is 3. The molecule has 1 aliphatic rings. The van der Waals surface area contributed by atoms with Crippen LogP contribution in [0.1, 0.15) is 0 Å². The van der Waals surface area contributed by atoms with Gasteiger partial charge in [-0.25, -0.2) is 29.7 Å². The number of ether oxygens (including phenoxy) is 3. The van der Waals surface area contributed by atoms with Gasteiger partial charge in [0.2, 0.25) is 0 Å². The van der Waals surface area contributed by atoms with Crippen LogP contribution in [0.5, 0.6) is 0 Å². The van der Waals surface area contributed by atoms with Crippen LogP contribution in [-0.4, -0.2) is 110 Å². The lowest BCUT2D eigenvalue weighted by molar-refractivity contribution is -0.219. The normalized spacial score (nSPS) is 27.5. The summed E-state index contributed by atoms with van der Waals surface area (Å²) in [5.41, 5.74) is 0. The molecule has 0 unspecified atom stereocenters. The van der Waals surface area contributed by atoms with E-state index in [9.17, 15) is 15.3 Å². The van der Waals surface area contributed by atoms with E-state index in [1.165, 1.54) is 55.2 Å². The van der Waals surface area contributed by atoms with Crippen molar-refractivity contribution in [3.05, 3.63) is 0 Å². The van der Waals surface area contributed by atoms with Gasteiger partial charge in [-0.3, -0.25) is 0 Å². The quantitative estimate of drug-likeness (QED) is 0.308. The lowest BCUT2D eigenvalue weighted by Gasteiger charge is -2.51. The number of aliphatic hydroxyl groups is 3. The molecule has 1 rings (SSSR count). The Morgan fingerprint density at radius 2 is 0.917 bits per heavy atom. The van der Waals surface area contributed by atoms with Crippen molar-refractivity contribution >= 4 is 19.2 Å². The van der Waals surface area contributed by atoms with Crippen LogP contribution >= 0.6 is 0 Å². The second-order valence-electron chi connectivity index (χ2n) is 4.48. The standard InChI is InChI=1S/C12H24N6O6/c1-22-4-13-10-16(7-19)11(14-5-23-2)18(9-21)12(15-6-24-3)17(10)8-20/h4-6,10-12,19-21H,7-9H2,1-3H3. The second-order valence-corrected chi connectivity index (χ2v) is 4.48. The first-order valence-electron chi connectivity index (χ1n) is 6.93. The van der Waals surface area contributed by atoms with Gasteiger partial charge in [0.15, 0.2) is 38.1 Å². The van der Waals surface area contributed by atoms with Gasteiger partial charge in [-0.05, 0) is 0 Å². The summed E-state index contributed by atoms with van der Waals surface area (Å²) in [7, 11) is 4.25. The van der Waals surface area contributed by atoms with Gasteiger partial charge in [0.25, 0.3) is 0 Å². The Bertz CT molecular complexity index is 362. The molecule has 0 aromatic carbocycles. The Balaban J connectivity index is 3.32. The molecule has 3 N–H and O–H groups in total. The highest BCUT2D eigenvalue weighted by Crippen LogP contribution is 2.27. The van der Waals surface area contributed by atoms with Crippen LogP contribution in [0.2, 0.25) is 0 Å². The third-order valence-corrected chi connectivity index (χ3v) is 3.17. The average Bonchev–Trinajstić information content (AvgIpc) is 2.61. The van der Waals surface area contributed by atoms with Crippen molar-refractivity contribution in [2.75, 3.05) is 41.5 Å². The summed E-state index contributed by atoms with van der Waals surface area (Å²) >= 11 is 0. The molecule has 0 spiro atoms. The van der Waals surface area contributed by atoms with E-state index in [2.05, 4.69) is 15.0 Å². The first kappa shape index (κ1) is 20.2. The topological polar surface area (TPSA) is 135 Å². The molecule has 1 fully saturated rings. The van der Waals surface area contributed by atoms with Gasteiger partial charge in [-0.1, -0.05) is 0 Å². The van der Waals surface area contributed by atoms with E-state index in [1.54, 1.807) is 0 Å². The van der Waals surface area contributed by atoms with E-state index in [-0.39, 0.29) is 0 Å². The van der Waals surface area contributed by atoms with Crippen molar-refractivity contribution in [3.8, 4) is 0 Å². The van der Waals surface area contributed by atoms with Crippen molar-refractivity contribution in [1.29, 1.82) is 0 Å². The lowest BCUT2D eigenvalue weighted by Crippen LogP contribution is -2.69. The van der Waals surface area contributed by atoms with Gasteiger partial charge in [0.1, 0.15) is 20.2 Å². The van der Waals surface area contributed by atoms with Crippen molar-refractivity contribution in [2.45, 2.75) is 18.9 Å². The van der Waals surface area contributed by atoms with Crippen molar-refractivity contribution in [1.82, 2.24) is 14.7 Å². The first-order valence-corrected chi connectivity index (χ1v) is 6.93. The molecule has 0 bridgehead atoms. The Morgan fingerprint density at radius 1 is 0.667 bits per heavy atom. The first-order chi connectivity index (χ1) is 11.7. The minimum Gasteiger partial charge on any atom is -0.487 e. The van der Waals surface area contributed by atoms with E-state index in [1.807, 2.05) is 0 Å². The smallest absolute Gasteiger partial charge is 0.171 e. The van der Waals surface area contributed by atoms with E-state index in [0.717, 1.165) is 0 Å². The largest absolute Gasteiger partial charge is 0.487 e. The number of nitrogens with zero attached hydrogens (tertiary/aromatic N) is 6. The maximum absolute atomic E-state index is 9.74. The van der Waals surface area contributed by atoms with Gasteiger partial charge in [0, 0.05) is 0 Å². The fourth-order valence-electron chi connectivity index (χ4n) is 2.23. The van der Waals surface area contributed by atoms with E-state index in [4.69, 9.17) is 14.2 Å². The molecule has 0 aliphatic carbocycles. The maximum Gasteiger partial charge on any atom is 0.171 e. The molecule has 0 amide bonds. The summed E-state index contributed by atoms with van der Waals surface area (Å²) < 4.78 is 14.5. The summed E-state index contributed by atoms with van der Waals surface area (Å²) in [6, 6.07) is 0. The highest BCUT2D eigenvalue weighted by molar-refractivity contribution is 5.48. The zero-order valence-electron chi connectivity index (χ0n) is 13.8. The minimum atomic E-state index is -0.860. The fourth-order valence-corrected chi connectivity index (χ4v) is 2.23. The Hall–Kier alpha value is -1.83. The number of hydrogen-bond acceptors (Lipinski definition) is 12. The summed E-state index contributed by atoms with van der Waals surface area (Å²) in [5.74, 6) is 0. The van der Waals surface area contributed by atoms with Crippen molar-refractivity contribution < 1.29 is 29.5 Å². The van der Waals surface area contributed by atoms with E-state index < -0.39 is 39.1 Å². The molecular weight excluding hydrogens is 324 g/mol. The third-order valence-electron chi connectivity index (χ3n) is 3.17. The van der Waals surface area contributed by atoms with Crippen LogP contribution in [0.3, 0.4) is 0 Å². The second kappa shape index (κ2) is 10.9. The number of aliphatic hydroxyl groups excluding tert-OH is 3. The van der Waals surface area contributed by atoms with E-state index in [0.29, 0.717) is 0 Å². The highest BCUT2D eigenvalue weighted by Gasteiger charge is 2.46. The molecule has 0 atom stereocenters. The highest BCUT2D eigenvalue weighted by atomic mass is 16.5. The molecule has 0 aromatic rings.